The van der Waals surface area contributed by atoms with Gasteiger partial charge in [-0.3, -0.25) is 0 Å². The Morgan fingerprint density at radius 3 is 2.23 bits per heavy atom. The molecule has 0 aliphatic rings. The zero-order valence-electron chi connectivity index (χ0n) is 7.27. The van der Waals surface area contributed by atoms with Crippen LogP contribution in [-0.2, 0) is 9.91 Å². The van der Waals surface area contributed by atoms with E-state index in [0.717, 1.165) is 5.69 Å². The molecular weight excluding hydrogens is 189 g/mol. The largest absolute Gasteiger partial charge is 0.545 e. The Kier molecular flexibility index (Phi) is 2.78. The Balaban J connectivity index is 3.08. The van der Waals surface area contributed by atoms with Crippen LogP contribution in [-0.4, -0.2) is 10.00 Å². The van der Waals surface area contributed by atoms with Gasteiger partial charge in [0.1, 0.15) is 5.69 Å². The molecule has 13 heavy (non-hydrogen) atoms. The summed E-state index contributed by atoms with van der Waals surface area (Å²) in [5, 5.41) is 7.92. The smallest absolute Gasteiger partial charge is 0.343 e. The third-order valence-corrected chi connectivity index (χ3v) is 2.88. The molecule has 2 unspecified atom stereocenters. The minimum absolute atomic E-state index is 0.420. The second-order valence-corrected chi connectivity index (χ2v) is 4.41. The average molecular weight is 201 g/mol. The topological polar surface area (TPSA) is 85.2 Å². The average Bonchev–Trinajstić information content (AvgIpc) is 2.04. The van der Waals surface area contributed by atoms with E-state index in [-0.39, 0.29) is 0 Å². The highest BCUT2D eigenvalue weighted by molar-refractivity contribution is 7.39. The third kappa shape index (κ3) is 2.11. The summed E-state index contributed by atoms with van der Waals surface area (Å²) in [7, 11) is -2.64. The number of rotatable bonds is 2. The summed E-state index contributed by atoms with van der Waals surface area (Å²) < 4.78 is 10.8. The Morgan fingerprint density at radius 1 is 1.38 bits per heavy atom. The van der Waals surface area contributed by atoms with Crippen LogP contribution in [0.15, 0.2) is 24.3 Å². The summed E-state index contributed by atoms with van der Waals surface area (Å²) in [6.07, 6.45) is 0. The van der Waals surface area contributed by atoms with Crippen LogP contribution in [0.5, 0.6) is 0 Å². The number of benzene rings is 1. The first-order valence-electron chi connectivity index (χ1n) is 3.75. The van der Waals surface area contributed by atoms with Gasteiger partial charge in [-0.15, -0.1) is 0 Å². The van der Waals surface area contributed by atoms with Crippen molar-refractivity contribution in [2.45, 2.75) is 12.3 Å². The minimum atomic E-state index is -2.64. The van der Waals surface area contributed by atoms with E-state index in [1.165, 1.54) is 6.92 Å². The Morgan fingerprint density at radius 2 is 1.85 bits per heavy atom. The lowest BCUT2D eigenvalue weighted by atomic mass is 10.1. The molecule has 5 N–H and O–H groups in total. The van der Waals surface area contributed by atoms with E-state index in [2.05, 4.69) is 5.73 Å². The van der Waals surface area contributed by atoms with E-state index < -0.39 is 13.4 Å². The number of quaternary nitrogens is 1. The lowest BCUT2D eigenvalue weighted by Crippen LogP contribution is -2.40. The van der Waals surface area contributed by atoms with Crippen molar-refractivity contribution < 1.29 is 20.3 Å². The zero-order chi connectivity index (χ0) is 10.1. The van der Waals surface area contributed by atoms with Crippen molar-refractivity contribution in [1.82, 2.24) is 0 Å². The van der Waals surface area contributed by atoms with Gasteiger partial charge in [-0.1, -0.05) is 0 Å². The van der Waals surface area contributed by atoms with Crippen LogP contribution in [0.1, 0.15) is 12.5 Å². The van der Waals surface area contributed by atoms with Crippen LogP contribution in [0.2, 0.25) is 0 Å². The number of hydrogen-bond donors (Lipinski definition) is 3. The molecule has 1 aromatic rings. The van der Waals surface area contributed by atoms with Crippen LogP contribution >= 0.6 is 8.03 Å². The van der Waals surface area contributed by atoms with Crippen LogP contribution in [0, 0.1) is 0 Å². The lowest BCUT2D eigenvalue weighted by Gasteiger charge is -2.08. The SMILES string of the molecule is CC(O)(c1ccc([NH3+])cc1)[P+](=O)O. The van der Waals surface area contributed by atoms with Gasteiger partial charge in [-0.25, -0.2) is 0 Å². The van der Waals surface area contributed by atoms with Gasteiger partial charge in [-0.05, 0) is 28.8 Å². The molecule has 4 nitrogen and oxygen atoms in total. The lowest BCUT2D eigenvalue weighted by molar-refractivity contribution is -0.254. The van der Waals surface area contributed by atoms with Crippen molar-refractivity contribution in [3.05, 3.63) is 29.8 Å². The Bertz CT molecular complexity index is 321. The summed E-state index contributed by atoms with van der Waals surface area (Å²) >= 11 is 0. The highest BCUT2D eigenvalue weighted by Crippen LogP contribution is 2.41. The molecule has 0 aliphatic carbocycles. The first kappa shape index (κ1) is 10.3. The molecule has 0 saturated heterocycles. The van der Waals surface area contributed by atoms with Crippen molar-refractivity contribution >= 4 is 13.7 Å². The molecule has 0 radical (unpaired) electrons. The maximum absolute atomic E-state index is 10.8. The molecular formula is C8H12NO3P+2. The normalized spacial score (nSPS) is 16.5. The maximum Gasteiger partial charge on any atom is 0.545 e. The van der Waals surface area contributed by atoms with Gasteiger partial charge in [0.2, 0.25) is 0 Å². The minimum Gasteiger partial charge on any atom is -0.343 e. The predicted molar refractivity (Wildman–Crippen MR) is 48.4 cm³/mol. The van der Waals surface area contributed by atoms with Crippen LogP contribution in [0.3, 0.4) is 0 Å². The van der Waals surface area contributed by atoms with E-state index in [9.17, 15) is 9.67 Å². The van der Waals surface area contributed by atoms with Gasteiger partial charge < -0.3 is 10.8 Å². The standard InChI is InChI=1S/C8H10NO3P/c1-8(10,13(11)12)6-2-4-7(9)5-3-6/h2-5,10H,9H2,1H3/p+2. The number of aliphatic hydroxyl groups is 1. The quantitative estimate of drug-likeness (QED) is 0.607. The predicted octanol–water partition coefficient (Wildman–Crippen LogP) is 0.460. The molecule has 0 saturated carbocycles. The van der Waals surface area contributed by atoms with Crippen molar-refractivity contribution in [2.24, 2.45) is 0 Å². The van der Waals surface area contributed by atoms with E-state index in [0.29, 0.717) is 5.56 Å². The molecule has 2 atom stereocenters. The highest BCUT2D eigenvalue weighted by atomic mass is 31.1. The van der Waals surface area contributed by atoms with Gasteiger partial charge in [-0.2, -0.15) is 4.89 Å². The molecule has 70 valence electrons. The van der Waals surface area contributed by atoms with Gasteiger partial charge in [0, 0.05) is 12.5 Å². The maximum atomic E-state index is 10.8. The molecule has 0 amide bonds. The summed E-state index contributed by atoms with van der Waals surface area (Å²) in [4.78, 5) is 8.85. The van der Waals surface area contributed by atoms with E-state index in [1.54, 1.807) is 24.3 Å². The van der Waals surface area contributed by atoms with E-state index in [1.807, 2.05) is 0 Å². The van der Waals surface area contributed by atoms with Crippen molar-refractivity contribution in [1.29, 1.82) is 0 Å². The molecule has 0 bridgehead atoms. The highest BCUT2D eigenvalue weighted by Gasteiger charge is 2.44. The van der Waals surface area contributed by atoms with Gasteiger partial charge in [0.25, 0.3) is 0 Å². The fraction of sp³-hybridized carbons (Fsp3) is 0.250. The molecule has 0 fully saturated rings. The first-order valence-corrected chi connectivity index (χ1v) is 4.97. The molecule has 0 aromatic heterocycles. The van der Waals surface area contributed by atoms with Gasteiger partial charge >= 0.3 is 13.4 Å². The molecule has 0 heterocycles. The summed E-state index contributed by atoms with van der Waals surface area (Å²) in [6, 6.07) is 6.54. The van der Waals surface area contributed by atoms with Gasteiger partial charge in [0.15, 0.2) is 0 Å². The fourth-order valence-corrected chi connectivity index (χ4v) is 1.30. The number of hydrogen-bond acceptors (Lipinski definition) is 2. The molecule has 5 heteroatoms. The second-order valence-electron chi connectivity index (χ2n) is 2.99. The van der Waals surface area contributed by atoms with Crippen LogP contribution < -0.4 is 5.73 Å². The molecule has 0 spiro atoms. The Labute approximate surface area is 76.9 Å². The zero-order valence-corrected chi connectivity index (χ0v) is 8.16. The fourth-order valence-electron chi connectivity index (χ4n) is 0.931. The molecule has 0 aliphatic heterocycles. The van der Waals surface area contributed by atoms with Crippen LogP contribution in [0.4, 0.5) is 5.69 Å². The third-order valence-electron chi connectivity index (χ3n) is 1.87. The van der Waals surface area contributed by atoms with Crippen molar-refractivity contribution in [3.63, 3.8) is 0 Å². The van der Waals surface area contributed by atoms with Gasteiger partial charge in [0.05, 0.1) is 0 Å². The van der Waals surface area contributed by atoms with E-state index in [4.69, 9.17) is 4.89 Å². The monoisotopic (exact) mass is 201 g/mol. The Hall–Kier alpha value is -0.800. The first-order chi connectivity index (χ1) is 5.94. The van der Waals surface area contributed by atoms with Crippen molar-refractivity contribution in [3.8, 4) is 0 Å². The van der Waals surface area contributed by atoms with Crippen LogP contribution in [0.25, 0.3) is 0 Å². The summed E-state index contributed by atoms with van der Waals surface area (Å²) in [5.41, 5.74) is 4.89. The summed E-state index contributed by atoms with van der Waals surface area (Å²) in [6.45, 7) is 1.31. The second kappa shape index (κ2) is 3.52. The summed E-state index contributed by atoms with van der Waals surface area (Å²) in [5.74, 6) is 0. The molecule has 1 rings (SSSR count). The van der Waals surface area contributed by atoms with E-state index >= 15 is 0 Å². The molecule has 1 aromatic carbocycles. The van der Waals surface area contributed by atoms with Crippen molar-refractivity contribution in [2.75, 3.05) is 0 Å².